The maximum atomic E-state index is 10.6. The van der Waals surface area contributed by atoms with Crippen molar-refractivity contribution in [3.05, 3.63) is 18.0 Å². The van der Waals surface area contributed by atoms with E-state index in [1.807, 2.05) is 16.9 Å². The molecule has 120 valence electrons. The Balaban J connectivity index is 1.99. The number of rotatable bonds is 5. The maximum Gasteiger partial charge on any atom is 0.0763 e. The van der Waals surface area contributed by atoms with E-state index in [4.69, 9.17) is 0 Å². The predicted octanol–water partition coefficient (Wildman–Crippen LogP) is 1.39. The van der Waals surface area contributed by atoms with Crippen LogP contribution in [0.15, 0.2) is 12.3 Å². The number of nitrogens with zero attached hydrogens (tertiary/aromatic N) is 4. The molecule has 0 spiro atoms. The summed E-state index contributed by atoms with van der Waals surface area (Å²) in [5.41, 5.74) is 0.989. The summed E-state index contributed by atoms with van der Waals surface area (Å²) in [7, 11) is 4.25. The zero-order chi connectivity index (χ0) is 15.4. The molecule has 2 heterocycles. The Morgan fingerprint density at radius 2 is 2.14 bits per heavy atom. The summed E-state index contributed by atoms with van der Waals surface area (Å²) in [4.78, 5) is 4.61. The maximum absolute atomic E-state index is 10.6. The molecule has 1 aliphatic rings. The molecule has 0 radical (unpaired) electrons. The summed E-state index contributed by atoms with van der Waals surface area (Å²) in [6, 6.07) is 2.64. The van der Waals surface area contributed by atoms with Gasteiger partial charge in [0.15, 0.2) is 0 Å². The van der Waals surface area contributed by atoms with Gasteiger partial charge in [-0.25, -0.2) is 0 Å². The van der Waals surface area contributed by atoms with Gasteiger partial charge in [0.1, 0.15) is 0 Å². The highest BCUT2D eigenvalue weighted by Crippen LogP contribution is 2.15. The van der Waals surface area contributed by atoms with Crippen LogP contribution in [0.25, 0.3) is 0 Å². The largest absolute Gasteiger partial charge is 0.391 e. The Morgan fingerprint density at radius 3 is 2.86 bits per heavy atom. The van der Waals surface area contributed by atoms with Gasteiger partial charge >= 0.3 is 0 Å². The summed E-state index contributed by atoms with van der Waals surface area (Å²) in [5.74, 6) is 0. The average molecular weight is 294 g/mol. The summed E-state index contributed by atoms with van der Waals surface area (Å²) < 4.78 is 2.00. The minimum absolute atomic E-state index is 0.186. The van der Waals surface area contributed by atoms with Crippen molar-refractivity contribution < 1.29 is 5.11 Å². The van der Waals surface area contributed by atoms with Crippen LogP contribution in [0.4, 0.5) is 0 Å². The minimum Gasteiger partial charge on any atom is -0.391 e. The molecule has 0 bridgehead atoms. The van der Waals surface area contributed by atoms with Crippen LogP contribution >= 0.6 is 0 Å². The topological polar surface area (TPSA) is 44.5 Å². The highest BCUT2D eigenvalue weighted by atomic mass is 16.3. The zero-order valence-electron chi connectivity index (χ0n) is 13.9. The van der Waals surface area contributed by atoms with Gasteiger partial charge in [0.2, 0.25) is 0 Å². The average Bonchev–Trinajstić information content (AvgIpc) is 2.84. The molecule has 0 aliphatic carbocycles. The van der Waals surface area contributed by atoms with Crippen molar-refractivity contribution in [2.24, 2.45) is 0 Å². The lowest BCUT2D eigenvalue weighted by Crippen LogP contribution is -2.47. The first-order valence-corrected chi connectivity index (χ1v) is 8.12. The van der Waals surface area contributed by atoms with E-state index < -0.39 is 0 Å². The predicted molar refractivity (Wildman–Crippen MR) is 85.5 cm³/mol. The molecule has 21 heavy (non-hydrogen) atoms. The molecule has 3 unspecified atom stereocenters. The van der Waals surface area contributed by atoms with Gasteiger partial charge in [-0.1, -0.05) is 6.92 Å². The lowest BCUT2D eigenvalue weighted by atomic mass is 10.0. The molecule has 1 saturated heterocycles. The van der Waals surface area contributed by atoms with Crippen LogP contribution in [0.1, 0.15) is 38.4 Å². The molecule has 3 atom stereocenters. The molecule has 1 aromatic rings. The van der Waals surface area contributed by atoms with Gasteiger partial charge in [-0.2, -0.15) is 5.10 Å². The van der Waals surface area contributed by atoms with E-state index in [9.17, 15) is 5.11 Å². The third kappa shape index (κ3) is 4.28. The van der Waals surface area contributed by atoms with Gasteiger partial charge < -0.3 is 10.0 Å². The summed E-state index contributed by atoms with van der Waals surface area (Å²) >= 11 is 0. The number of aromatic nitrogens is 2. The van der Waals surface area contributed by atoms with Crippen molar-refractivity contribution in [1.82, 2.24) is 19.6 Å². The van der Waals surface area contributed by atoms with E-state index in [2.05, 4.69) is 42.8 Å². The van der Waals surface area contributed by atoms with Crippen molar-refractivity contribution in [3.63, 3.8) is 0 Å². The Bertz CT molecular complexity index is 434. The van der Waals surface area contributed by atoms with Gasteiger partial charge in [-0.05, 0) is 53.0 Å². The Hall–Kier alpha value is -0.910. The van der Waals surface area contributed by atoms with Gasteiger partial charge in [-0.15, -0.1) is 0 Å². The van der Waals surface area contributed by atoms with Crippen molar-refractivity contribution in [2.45, 2.75) is 51.3 Å². The molecule has 0 aromatic carbocycles. The standard InChI is InChI=1S/C16H30N4O/c1-5-13(2)20-10-7-14(17-20)11-16(21)15-12-18(3)8-6-9-19(15)4/h7,10,13,15-16,21H,5-6,8-9,11-12H2,1-4H3. The Kier molecular flexibility index (Phi) is 5.79. The Labute approximate surface area is 128 Å². The smallest absolute Gasteiger partial charge is 0.0763 e. The zero-order valence-corrected chi connectivity index (χ0v) is 13.9. The second kappa shape index (κ2) is 7.38. The molecule has 5 nitrogen and oxygen atoms in total. The van der Waals surface area contributed by atoms with Gasteiger partial charge in [0, 0.05) is 31.2 Å². The van der Waals surface area contributed by atoms with Crippen LogP contribution in [0, 0.1) is 0 Å². The fraction of sp³-hybridized carbons (Fsp3) is 0.812. The van der Waals surface area contributed by atoms with E-state index in [-0.39, 0.29) is 12.1 Å². The second-order valence-corrected chi connectivity index (χ2v) is 6.48. The van der Waals surface area contributed by atoms with E-state index in [1.54, 1.807) is 0 Å². The molecule has 1 aromatic heterocycles. The van der Waals surface area contributed by atoms with Crippen LogP contribution in [-0.2, 0) is 6.42 Å². The van der Waals surface area contributed by atoms with E-state index in [1.165, 1.54) is 6.42 Å². The van der Waals surface area contributed by atoms with Crippen LogP contribution in [0.5, 0.6) is 0 Å². The lowest BCUT2D eigenvalue weighted by molar-refractivity contribution is 0.0573. The highest BCUT2D eigenvalue weighted by Gasteiger charge is 2.27. The first kappa shape index (κ1) is 16.5. The van der Waals surface area contributed by atoms with Crippen LogP contribution in [0.3, 0.4) is 0 Å². The minimum atomic E-state index is -0.365. The van der Waals surface area contributed by atoms with Gasteiger partial charge in [0.25, 0.3) is 0 Å². The number of aliphatic hydroxyl groups excluding tert-OH is 1. The lowest BCUT2D eigenvalue weighted by Gasteiger charge is -2.31. The number of aliphatic hydroxyl groups is 1. The molecule has 2 rings (SSSR count). The molecular weight excluding hydrogens is 264 g/mol. The summed E-state index contributed by atoms with van der Waals surface area (Å²) in [5, 5.41) is 15.2. The Morgan fingerprint density at radius 1 is 1.38 bits per heavy atom. The fourth-order valence-electron chi connectivity index (χ4n) is 2.99. The first-order valence-electron chi connectivity index (χ1n) is 8.12. The van der Waals surface area contributed by atoms with Crippen LogP contribution < -0.4 is 0 Å². The molecule has 0 amide bonds. The SMILES string of the molecule is CCC(C)n1ccc(CC(O)C2CN(C)CCCN2C)n1. The third-order valence-corrected chi connectivity index (χ3v) is 4.68. The van der Waals surface area contributed by atoms with Gasteiger partial charge in [0.05, 0.1) is 11.8 Å². The van der Waals surface area contributed by atoms with Crippen molar-refractivity contribution >= 4 is 0 Å². The summed E-state index contributed by atoms with van der Waals surface area (Å²) in [6.07, 6.45) is 4.53. The number of likely N-dealkylation sites (N-methyl/N-ethyl adjacent to an activating group) is 2. The van der Waals surface area contributed by atoms with Gasteiger partial charge in [-0.3, -0.25) is 9.58 Å². The molecule has 1 aliphatic heterocycles. The van der Waals surface area contributed by atoms with Crippen molar-refractivity contribution in [3.8, 4) is 0 Å². The fourth-order valence-corrected chi connectivity index (χ4v) is 2.99. The molecule has 0 saturated carbocycles. The molecule has 5 heteroatoms. The molecule has 1 fully saturated rings. The third-order valence-electron chi connectivity index (χ3n) is 4.68. The van der Waals surface area contributed by atoms with Crippen LogP contribution in [0.2, 0.25) is 0 Å². The first-order chi connectivity index (χ1) is 10.0. The number of hydrogen-bond acceptors (Lipinski definition) is 4. The van der Waals surface area contributed by atoms with E-state index in [0.29, 0.717) is 12.5 Å². The van der Waals surface area contributed by atoms with Crippen molar-refractivity contribution in [1.29, 1.82) is 0 Å². The van der Waals surface area contributed by atoms with E-state index >= 15 is 0 Å². The second-order valence-electron chi connectivity index (χ2n) is 6.48. The van der Waals surface area contributed by atoms with E-state index in [0.717, 1.165) is 31.7 Å². The van der Waals surface area contributed by atoms with Crippen molar-refractivity contribution in [2.75, 3.05) is 33.7 Å². The monoisotopic (exact) mass is 294 g/mol. The summed E-state index contributed by atoms with van der Waals surface area (Å²) in [6.45, 7) is 7.41. The van der Waals surface area contributed by atoms with Crippen LogP contribution in [-0.4, -0.2) is 70.6 Å². The highest BCUT2D eigenvalue weighted by molar-refractivity contribution is 5.03. The number of hydrogen-bond donors (Lipinski definition) is 1. The molecular formula is C16H30N4O. The quantitative estimate of drug-likeness (QED) is 0.891. The normalized spacial score (nSPS) is 24.7. The molecule has 1 N–H and O–H groups in total.